The number of unbranched alkanes of at least 4 members (excludes halogenated alkanes) is 1. The van der Waals surface area contributed by atoms with Crippen LogP contribution in [0, 0.1) is 5.41 Å². The molecule has 2 nitrogen and oxygen atoms in total. The molecule has 0 fully saturated rings. The summed E-state index contributed by atoms with van der Waals surface area (Å²) in [7, 11) is 2.02. The molecule has 0 aliphatic carbocycles. The van der Waals surface area contributed by atoms with E-state index in [2.05, 4.69) is 24.1 Å². The zero-order valence-corrected chi connectivity index (χ0v) is 8.56. The minimum Gasteiger partial charge on any atom is -0.381 e. The van der Waals surface area contributed by atoms with Crippen LogP contribution in [0.25, 0.3) is 0 Å². The van der Waals surface area contributed by atoms with Crippen molar-refractivity contribution in [3.05, 3.63) is 12.8 Å². The second-order valence-corrected chi connectivity index (χ2v) is 3.56. The van der Waals surface area contributed by atoms with Crippen LogP contribution >= 0.6 is 12.6 Å². The summed E-state index contributed by atoms with van der Waals surface area (Å²) in [5.41, 5.74) is 0. The number of hydrogen-bond acceptors (Lipinski definition) is 3. The highest BCUT2D eigenvalue weighted by atomic mass is 32.1. The molecular formula is C9H18N2S. The first-order valence-corrected chi connectivity index (χ1v) is 4.73. The molecule has 1 unspecified atom stereocenters. The molecule has 0 aliphatic heterocycles. The lowest BCUT2D eigenvalue weighted by atomic mass is 10.2. The standard InChI is InChI=1S/C9H18N2S/c1-3-11(2)7-5-4-6-9(12)8-10/h3,8-10,12H,1,4-7H2,2H3. The van der Waals surface area contributed by atoms with Gasteiger partial charge in [-0.3, -0.25) is 0 Å². The molecule has 0 saturated heterocycles. The second-order valence-electron chi connectivity index (χ2n) is 2.89. The van der Waals surface area contributed by atoms with Crippen molar-refractivity contribution in [2.45, 2.75) is 24.5 Å². The smallest absolute Gasteiger partial charge is 0.0363 e. The second kappa shape index (κ2) is 7.22. The van der Waals surface area contributed by atoms with Crippen LogP contribution in [-0.4, -0.2) is 30.0 Å². The summed E-state index contributed by atoms with van der Waals surface area (Å²) in [5, 5.41) is 7.07. The van der Waals surface area contributed by atoms with Gasteiger partial charge in [-0.2, -0.15) is 12.6 Å². The molecule has 70 valence electrons. The summed E-state index contributed by atoms with van der Waals surface area (Å²) in [6, 6.07) is 0. The normalized spacial score (nSPS) is 12.2. The quantitative estimate of drug-likeness (QED) is 0.356. The fraction of sp³-hybridized carbons (Fsp3) is 0.667. The van der Waals surface area contributed by atoms with Gasteiger partial charge in [-0.1, -0.05) is 13.0 Å². The van der Waals surface area contributed by atoms with Crippen molar-refractivity contribution < 1.29 is 0 Å². The lowest BCUT2D eigenvalue weighted by molar-refractivity contribution is 0.435. The third-order valence-electron chi connectivity index (χ3n) is 1.76. The van der Waals surface area contributed by atoms with Crippen LogP contribution in [0.15, 0.2) is 12.8 Å². The molecule has 0 aliphatic rings. The SMILES string of the molecule is C=CN(C)CCCCC(S)C=N. The third kappa shape index (κ3) is 6.28. The van der Waals surface area contributed by atoms with Crippen molar-refractivity contribution in [2.24, 2.45) is 0 Å². The Bertz CT molecular complexity index is 120. The zero-order chi connectivity index (χ0) is 9.40. The van der Waals surface area contributed by atoms with E-state index in [0.29, 0.717) is 0 Å². The van der Waals surface area contributed by atoms with Gasteiger partial charge in [0.2, 0.25) is 0 Å². The number of nitrogens with zero attached hydrogens (tertiary/aromatic N) is 1. The van der Waals surface area contributed by atoms with Crippen molar-refractivity contribution in [3.8, 4) is 0 Å². The van der Waals surface area contributed by atoms with Gasteiger partial charge in [0.05, 0.1) is 0 Å². The summed E-state index contributed by atoms with van der Waals surface area (Å²) in [5.74, 6) is 0. The van der Waals surface area contributed by atoms with Crippen LogP contribution in [0.4, 0.5) is 0 Å². The largest absolute Gasteiger partial charge is 0.381 e. The number of hydrogen-bond donors (Lipinski definition) is 2. The predicted molar refractivity (Wildman–Crippen MR) is 58.2 cm³/mol. The predicted octanol–water partition coefficient (Wildman–Crippen LogP) is 2.18. The fourth-order valence-corrected chi connectivity index (χ4v) is 1.07. The highest BCUT2D eigenvalue weighted by Crippen LogP contribution is 2.04. The van der Waals surface area contributed by atoms with E-state index < -0.39 is 0 Å². The van der Waals surface area contributed by atoms with E-state index in [9.17, 15) is 0 Å². The summed E-state index contributed by atoms with van der Waals surface area (Å²) < 4.78 is 0. The fourth-order valence-electron chi connectivity index (χ4n) is 0.889. The van der Waals surface area contributed by atoms with Gasteiger partial charge in [-0.15, -0.1) is 0 Å². The van der Waals surface area contributed by atoms with Gasteiger partial charge in [0.1, 0.15) is 0 Å². The van der Waals surface area contributed by atoms with Crippen LogP contribution in [0.2, 0.25) is 0 Å². The molecule has 0 heterocycles. The monoisotopic (exact) mass is 186 g/mol. The van der Waals surface area contributed by atoms with Crippen LogP contribution in [0.3, 0.4) is 0 Å². The Kier molecular flexibility index (Phi) is 6.96. The molecule has 1 atom stereocenters. The molecule has 0 rings (SSSR count). The zero-order valence-electron chi connectivity index (χ0n) is 7.66. The van der Waals surface area contributed by atoms with E-state index in [4.69, 9.17) is 5.41 Å². The van der Waals surface area contributed by atoms with Gasteiger partial charge in [-0.25, -0.2) is 0 Å². The Morgan fingerprint density at radius 3 is 2.75 bits per heavy atom. The molecule has 0 radical (unpaired) electrons. The van der Waals surface area contributed by atoms with Crippen molar-refractivity contribution >= 4 is 18.8 Å². The number of nitrogens with one attached hydrogen (secondary N) is 1. The minimum absolute atomic E-state index is 0.138. The molecule has 3 heteroatoms. The Morgan fingerprint density at radius 2 is 2.25 bits per heavy atom. The maximum Gasteiger partial charge on any atom is 0.0363 e. The Morgan fingerprint density at radius 1 is 1.58 bits per heavy atom. The minimum atomic E-state index is 0.138. The molecule has 12 heavy (non-hydrogen) atoms. The van der Waals surface area contributed by atoms with E-state index in [1.807, 2.05) is 13.2 Å². The molecule has 0 aromatic heterocycles. The van der Waals surface area contributed by atoms with Gasteiger partial charge >= 0.3 is 0 Å². The molecule has 0 saturated carbocycles. The van der Waals surface area contributed by atoms with E-state index in [1.165, 1.54) is 6.21 Å². The first-order chi connectivity index (χ1) is 5.70. The average Bonchev–Trinajstić information content (AvgIpc) is 2.11. The Hall–Kier alpha value is -0.440. The highest BCUT2D eigenvalue weighted by molar-refractivity contribution is 7.81. The topological polar surface area (TPSA) is 27.1 Å². The summed E-state index contributed by atoms with van der Waals surface area (Å²) in [6.45, 7) is 4.71. The van der Waals surface area contributed by atoms with E-state index >= 15 is 0 Å². The summed E-state index contributed by atoms with van der Waals surface area (Å²) in [4.78, 5) is 2.07. The average molecular weight is 186 g/mol. The number of rotatable bonds is 7. The summed E-state index contributed by atoms with van der Waals surface area (Å²) in [6.07, 6.45) is 6.49. The van der Waals surface area contributed by atoms with E-state index in [0.717, 1.165) is 25.8 Å². The molecular weight excluding hydrogens is 168 g/mol. The van der Waals surface area contributed by atoms with Crippen LogP contribution in [0.5, 0.6) is 0 Å². The Balaban J connectivity index is 3.20. The molecule has 1 N–H and O–H groups in total. The molecule has 0 bridgehead atoms. The molecule has 0 amide bonds. The van der Waals surface area contributed by atoms with Crippen LogP contribution in [0.1, 0.15) is 19.3 Å². The van der Waals surface area contributed by atoms with Crippen LogP contribution < -0.4 is 0 Å². The highest BCUT2D eigenvalue weighted by Gasteiger charge is 1.97. The van der Waals surface area contributed by atoms with Crippen molar-refractivity contribution in [1.29, 1.82) is 5.41 Å². The maximum atomic E-state index is 6.94. The first-order valence-electron chi connectivity index (χ1n) is 4.22. The van der Waals surface area contributed by atoms with Crippen molar-refractivity contribution in [3.63, 3.8) is 0 Å². The van der Waals surface area contributed by atoms with Gasteiger partial charge < -0.3 is 10.3 Å². The first kappa shape index (κ1) is 11.6. The lowest BCUT2D eigenvalue weighted by Gasteiger charge is -2.12. The van der Waals surface area contributed by atoms with Gasteiger partial charge in [0, 0.05) is 25.1 Å². The van der Waals surface area contributed by atoms with Gasteiger partial charge in [0.15, 0.2) is 0 Å². The molecule has 0 aromatic carbocycles. The summed E-state index contributed by atoms with van der Waals surface area (Å²) >= 11 is 4.20. The number of thiol groups is 1. The van der Waals surface area contributed by atoms with Crippen molar-refractivity contribution in [1.82, 2.24) is 4.90 Å². The van der Waals surface area contributed by atoms with E-state index in [1.54, 1.807) is 0 Å². The molecule has 0 spiro atoms. The van der Waals surface area contributed by atoms with Gasteiger partial charge in [0.25, 0.3) is 0 Å². The maximum absolute atomic E-state index is 6.94. The molecule has 0 aromatic rings. The third-order valence-corrected chi connectivity index (χ3v) is 2.17. The van der Waals surface area contributed by atoms with E-state index in [-0.39, 0.29) is 5.25 Å². The lowest BCUT2D eigenvalue weighted by Crippen LogP contribution is -2.12. The Labute approximate surface area is 80.6 Å². The van der Waals surface area contributed by atoms with Crippen molar-refractivity contribution in [2.75, 3.05) is 13.6 Å². The van der Waals surface area contributed by atoms with Crippen LogP contribution in [-0.2, 0) is 0 Å². The van der Waals surface area contributed by atoms with Gasteiger partial charge in [-0.05, 0) is 19.0 Å².